The molecule has 0 heterocycles. The number of ether oxygens (including phenoxy) is 1. The number of rotatable bonds is 13. The summed E-state index contributed by atoms with van der Waals surface area (Å²) < 4.78 is 4.68. The molecule has 1 saturated carbocycles. The number of hydrogen-bond acceptors (Lipinski definition) is 2. The van der Waals surface area contributed by atoms with Crippen molar-refractivity contribution in [1.82, 2.24) is 0 Å². The second-order valence-corrected chi connectivity index (χ2v) is 7.65. The van der Waals surface area contributed by atoms with E-state index in [0.29, 0.717) is 12.3 Å². The average Bonchev–Trinajstić information content (AvgIpc) is 3.08. The van der Waals surface area contributed by atoms with Gasteiger partial charge in [-0.15, -0.1) is 0 Å². The Morgan fingerprint density at radius 1 is 1.08 bits per heavy atom. The lowest BCUT2D eigenvalue weighted by atomic mass is 9.84. The second-order valence-electron chi connectivity index (χ2n) is 7.65. The van der Waals surface area contributed by atoms with Crippen LogP contribution in [0.1, 0.15) is 90.9 Å². The summed E-state index contributed by atoms with van der Waals surface area (Å²) in [7, 11) is 1.46. The SMILES string of the molecule is CCCCCCCC=C[C@H]1CCC[C@@H]1C(C)C=CCCCC(=O)OC. The molecule has 0 radical (unpaired) electrons. The molecule has 1 rings (SSSR count). The molecule has 0 aliphatic heterocycles. The molecule has 2 nitrogen and oxygen atoms in total. The maximum atomic E-state index is 11.1. The van der Waals surface area contributed by atoms with Crippen LogP contribution in [0.15, 0.2) is 24.3 Å². The lowest BCUT2D eigenvalue weighted by Crippen LogP contribution is -2.13. The van der Waals surface area contributed by atoms with E-state index in [1.165, 1.54) is 64.9 Å². The summed E-state index contributed by atoms with van der Waals surface area (Å²) in [5.41, 5.74) is 0. The van der Waals surface area contributed by atoms with Crippen molar-refractivity contribution in [2.75, 3.05) is 7.11 Å². The molecule has 144 valence electrons. The molecular formula is C23H40O2. The summed E-state index contributed by atoms with van der Waals surface area (Å²) in [5, 5.41) is 0. The smallest absolute Gasteiger partial charge is 0.305 e. The van der Waals surface area contributed by atoms with Crippen LogP contribution in [0, 0.1) is 17.8 Å². The lowest BCUT2D eigenvalue weighted by Gasteiger charge is -2.21. The van der Waals surface area contributed by atoms with Gasteiger partial charge in [-0.1, -0.05) is 70.3 Å². The first-order chi connectivity index (χ1) is 12.2. The van der Waals surface area contributed by atoms with Crippen molar-refractivity contribution in [3.05, 3.63) is 24.3 Å². The molecule has 3 atom stereocenters. The number of carbonyl (C=O) groups excluding carboxylic acids is 1. The predicted molar refractivity (Wildman–Crippen MR) is 108 cm³/mol. The Labute approximate surface area is 156 Å². The van der Waals surface area contributed by atoms with Crippen LogP contribution < -0.4 is 0 Å². The first-order valence-electron chi connectivity index (χ1n) is 10.6. The van der Waals surface area contributed by atoms with Crippen LogP contribution in [0.3, 0.4) is 0 Å². The second kappa shape index (κ2) is 14.2. The highest BCUT2D eigenvalue weighted by Gasteiger charge is 2.28. The fourth-order valence-corrected chi connectivity index (χ4v) is 3.97. The van der Waals surface area contributed by atoms with Crippen LogP contribution in [0.2, 0.25) is 0 Å². The average molecular weight is 349 g/mol. The summed E-state index contributed by atoms with van der Waals surface area (Å²) in [5.74, 6) is 2.11. The fraction of sp³-hybridized carbons (Fsp3) is 0.783. The highest BCUT2D eigenvalue weighted by molar-refractivity contribution is 5.69. The van der Waals surface area contributed by atoms with Gasteiger partial charge in [0.25, 0.3) is 0 Å². The van der Waals surface area contributed by atoms with Gasteiger partial charge in [0.05, 0.1) is 7.11 Å². The van der Waals surface area contributed by atoms with E-state index in [1.807, 2.05) is 0 Å². The molecule has 1 aliphatic rings. The fourth-order valence-electron chi connectivity index (χ4n) is 3.97. The van der Waals surface area contributed by atoms with Gasteiger partial charge in [-0.25, -0.2) is 0 Å². The van der Waals surface area contributed by atoms with Gasteiger partial charge < -0.3 is 4.74 Å². The largest absolute Gasteiger partial charge is 0.469 e. The van der Waals surface area contributed by atoms with E-state index in [2.05, 4.69) is 42.9 Å². The van der Waals surface area contributed by atoms with Gasteiger partial charge in [-0.3, -0.25) is 4.79 Å². The maximum Gasteiger partial charge on any atom is 0.305 e. The van der Waals surface area contributed by atoms with Crippen LogP contribution in [0.5, 0.6) is 0 Å². The normalized spacial score (nSPS) is 22.0. The Morgan fingerprint density at radius 2 is 1.84 bits per heavy atom. The summed E-state index contributed by atoms with van der Waals surface area (Å²) in [6, 6.07) is 0. The molecule has 1 aliphatic carbocycles. The molecule has 2 heteroatoms. The van der Waals surface area contributed by atoms with Gasteiger partial charge in [-0.05, 0) is 56.3 Å². The third-order valence-corrected chi connectivity index (χ3v) is 5.58. The van der Waals surface area contributed by atoms with E-state index in [0.717, 1.165) is 24.7 Å². The zero-order valence-electron chi connectivity index (χ0n) is 16.8. The number of hydrogen-bond donors (Lipinski definition) is 0. The summed E-state index contributed by atoms with van der Waals surface area (Å²) in [4.78, 5) is 11.1. The topological polar surface area (TPSA) is 26.3 Å². The van der Waals surface area contributed by atoms with Crippen LogP contribution in [-0.2, 0) is 9.53 Å². The number of esters is 1. The van der Waals surface area contributed by atoms with E-state index in [9.17, 15) is 4.79 Å². The van der Waals surface area contributed by atoms with Crippen LogP contribution in [0.25, 0.3) is 0 Å². The summed E-state index contributed by atoms with van der Waals surface area (Å²) >= 11 is 0. The van der Waals surface area contributed by atoms with Crippen molar-refractivity contribution in [2.24, 2.45) is 17.8 Å². The third kappa shape index (κ3) is 9.87. The van der Waals surface area contributed by atoms with Gasteiger partial charge in [0.2, 0.25) is 0 Å². The van der Waals surface area contributed by atoms with Crippen molar-refractivity contribution in [3.8, 4) is 0 Å². The standard InChI is InChI=1S/C23H40O2/c1-4-5-6-7-8-9-12-16-21-17-14-18-22(21)20(2)15-11-10-13-19-23(24)25-3/h11-12,15-16,20-22H,4-10,13-14,17-19H2,1-3H3/t20?,21-,22+/m0/s1. The van der Waals surface area contributed by atoms with Gasteiger partial charge >= 0.3 is 5.97 Å². The van der Waals surface area contributed by atoms with E-state index < -0.39 is 0 Å². The first-order valence-corrected chi connectivity index (χ1v) is 10.6. The molecule has 0 aromatic carbocycles. The Morgan fingerprint density at radius 3 is 2.60 bits per heavy atom. The van der Waals surface area contributed by atoms with Gasteiger partial charge in [0.15, 0.2) is 0 Å². The Kier molecular flexibility index (Phi) is 12.5. The quantitative estimate of drug-likeness (QED) is 0.206. The molecule has 0 saturated heterocycles. The van der Waals surface area contributed by atoms with Crippen LogP contribution in [0.4, 0.5) is 0 Å². The minimum atomic E-state index is -0.0999. The third-order valence-electron chi connectivity index (χ3n) is 5.58. The number of methoxy groups -OCH3 is 1. The van der Waals surface area contributed by atoms with Gasteiger partial charge in [0, 0.05) is 6.42 Å². The summed E-state index contributed by atoms with van der Waals surface area (Å²) in [6.45, 7) is 4.63. The minimum absolute atomic E-state index is 0.0999. The van der Waals surface area contributed by atoms with E-state index in [1.54, 1.807) is 0 Å². The molecule has 25 heavy (non-hydrogen) atoms. The highest BCUT2D eigenvalue weighted by Crippen LogP contribution is 2.38. The highest BCUT2D eigenvalue weighted by atomic mass is 16.5. The summed E-state index contributed by atoms with van der Waals surface area (Å²) in [6.07, 6.45) is 24.2. The molecular weight excluding hydrogens is 308 g/mol. The lowest BCUT2D eigenvalue weighted by molar-refractivity contribution is -0.140. The molecule has 1 fully saturated rings. The molecule has 0 aromatic heterocycles. The molecule has 0 amide bonds. The van der Waals surface area contributed by atoms with Gasteiger partial charge in [-0.2, -0.15) is 0 Å². The molecule has 0 aromatic rings. The molecule has 0 N–H and O–H groups in total. The van der Waals surface area contributed by atoms with Crippen molar-refractivity contribution in [2.45, 2.75) is 90.9 Å². The van der Waals surface area contributed by atoms with Crippen LogP contribution in [-0.4, -0.2) is 13.1 Å². The Balaban J connectivity index is 2.24. The number of allylic oxidation sites excluding steroid dienone is 4. The van der Waals surface area contributed by atoms with Crippen molar-refractivity contribution < 1.29 is 9.53 Å². The zero-order chi connectivity index (χ0) is 18.3. The number of carbonyl (C=O) groups is 1. The Hall–Kier alpha value is -1.05. The first kappa shape index (κ1) is 22.0. The maximum absolute atomic E-state index is 11.1. The molecule has 0 spiro atoms. The van der Waals surface area contributed by atoms with E-state index in [-0.39, 0.29) is 5.97 Å². The van der Waals surface area contributed by atoms with E-state index >= 15 is 0 Å². The van der Waals surface area contributed by atoms with Crippen molar-refractivity contribution >= 4 is 5.97 Å². The minimum Gasteiger partial charge on any atom is -0.469 e. The molecule has 0 bridgehead atoms. The monoisotopic (exact) mass is 348 g/mol. The predicted octanol–water partition coefficient (Wildman–Crippen LogP) is 6.86. The molecule has 1 unspecified atom stereocenters. The van der Waals surface area contributed by atoms with Gasteiger partial charge in [0.1, 0.15) is 0 Å². The van der Waals surface area contributed by atoms with E-state index in [4.69, 9.17) is 0 Å². The van der Waals surface area contributed by atoms with Crippen molar-refractivity contribution in [3.63, 3.8) is 0 Å². The number of unbranched alkanes of at least 4 members (excludes halogenated alkanes) is 6. The van der Waals surface area contributed by atoms with Crippen molar-refractivity contribution in [1.29, 1.82) is 0 Å². The van der Waals surface area contributed by atoms with Crippen LogP contribution >= 0.6 is 0 Å². The zero-order valence-corrected chi connectivity index (χ0v) is 16.8. The Bertz CT molecular complexity index is 397.